The Balaban J connectivity index is 1.75. The Kier molecular flexibility index (Phi) is 5.37. The number of carbonyl (C=O) groups excluding carboxylic acids is 2. The SMILES string of the molecule is O=C(Nc1cccc2c1[C@@H](c1cc(F)ccc1Cl)NC2=O)c1cc(F)cc(C(F)(F)F)c1. The van der Waals surface area contributed by atoms with Crippen molar-refractivity contribution in [2.45, 2.75) is 12.2 Å². The van der Waals surface area contributed by atoms with Crippen molar-refractivity contribution in [2.75, 3.05) is 5.32 Å². The van der Waals surface area contributed by atoms with Gasteiger partial charge in [0.15, 0.2) is 0 Å². The number of hydrogen-bond donors (Lipinski definition) is 2. The zero-order chi connectivity index (χ0) is 23.2. The Labute approximate surface area is 183 Å². The Bertz CT molecular complexity index is 1260. The van der Waals surface area contributed by atoms with Crippen LogP contribution in [0.4, 0.5) is 27.6 Å². The van der Waals surface area contributed by atoms with Gasteiger partial charge in [0.25, 0.3) is 11.8 Å². The average Bonchev–Trinajstić information content (AvgIpc) is 3.06. The third-order valence-electron chi connectivity index (χ3n) is 4.92. The number of hydrogen-bond acceptors (Lipinski definition) is 2. The van der Waals surface area contributed by atoms with E-state index in [1.165, 1.54) is 24.3 Å². The first kappa shape index (κ1) is 21.8. The predicted octanol–water partition coefficient (Wildman–Crippen LogP) is 5.72. The molecular formula is C22H12ClF5N2O2. The van der Waals surface area contributed by atoms with Gasteiger partial charge in [0.2, 0.25) is 0 Å². The van der Waals surface area contributed by atoms with Crippen LogP contribution in [-0.4, -0.2) is 11.8 Å². The van der Waals surface area contributed by atoms with Crippen LogP contribution < -0.4 is 10.6 Å². The topological polar surface area (TPSA) is 58.2 Å². The van der Waals surface area contributed by atoms with Crippen molar-refractivity contribution in [2.24, 2.45) is 0 Å². The second-order valence-corrected chi connectivity index (χ2v) is 7.43. The largest absolute Gasteiger partial charge is 0.416 e. The predicted molar refractivity (Wildman–Crippen MR) is 107 cm³/mol. The molecule has 1 aliphatic rings. The first-order chi connectivity index (χ1) is 15.0. The number of fused-ring (bicyclic) bond motifs is 1. The Morgan fingerprint density at radius 2 is 1.75 bits per heavy atom. The molecule has 0 fully saturated rings. The summed E-state index contributed by atoms with van der Waals surface area (Å²) in [6, 6.07) is 8.46. The van der Waals surface area contributed by atoms with Crippen LogP contribution in [0, 0.1) is 11.6 Å². The van der Waals surface area contributed by atoms with Crippen LogP contribution in [0.1, 0.15) is 43.4 Å². The van der Waals surface area contributed by atoms with Crippen molar-refractivity contribution in [1.29, 1.82) is 0 Å². The molecule has 1 heterocycles. The number of anilines is 1. The van der Waals surface area contributed by atoms with E-state index in [-0.39, 0.29) is 33.5 Å². The highest BCUT2D eigenvalue weighted by molar-refractivity contribution is 6.31. The highest BCUT2D eigenvalue weighted by atomic mass is 35.5. The summed E-state index contributed by atoms with van der Waals surface area (Å²) in [6.07, 6.45) is -4.85. The van der Waals surface area contributed by atoms with Crippen molar-refractivity contribution in [3.8, 4) is 0 Å². The average molecular weight is 467 g/mol. The number of rotatable bonds is 3. The molecular weight excluding hydrogens is 455 g/mol. The number of nitrogens with one attached hydrogen (secondary N) is 2. The molecule has 0 radical (unpaired) electrons. The Morgan fingerprint density at radius 1 is 1.00 bits per heavy atom. The number of benzene rings is 3. The fraction of sp³-hybridized carbons (Fsp3) is 0.0909. The molecule has 32 heavy (non-hydrogen) atoms. The van der Waals surface area contributed by atoms with Crippen molar-refractivity contribution < 1.29 is 31.5 Å². The van der Waals surface area contributed by atoms with Crippen LogP contribution in [0.3, 0.4) is 0 Å². The Morgan fingerprint density at radius 3 is 2.47 bits per heavy atom. The summed E-state index contributed by atoms with van der Waals surface area (Å²) >= 11 is 6.17. The highest BCUT2D eigenvalue weighted by Crippen LogP contribution is 2.39. The third-order valence-corrected chi connectivity index (χ3v) is 5.26. The van der Waals surface area contributed by atoms with E-state index in [9.17, 15) is 31.5 Å². The van der Waals surface area contributed by atoms with Gasteiger partial charge in [-0.15, -0.1) is 0 Å². The minimum Gasteiger partial charge on any atom is -0.341 e. The minimum absolute atomic E-state index is 0.0778. The quantitative estimate of drug-likeness (QED) is 0.485. The molecule has 0 aliphatic carbocycles. The lowest BCUT2D eigenvalue weighted by molar-refractivity contribution is -0.137. The molecule has 4 rings (SSSR count). The van der Waals surface area contributed by atoms with E-state index in [0.29, 0.717) is 12.1 Å². The van der Waals surface area contributed by atoms with Crippen molar-refractivity contribution >= 4 is 29.1 Å². The van der Waals surface area contributed by atoms with E-state index in [1.54, 1.807) is 0 Å². The maximum atomic E-state index is 13.8. The van der Waals surface area contributed by atoms with Gasteiger partial charge in [-0.25, -0.2) is 8.78 Å². The van der Waals surface area contributed by atoms with Gasteiger partial charge in [-0.05, 0) is 48.5 Å². The standard InChI is InChI=1S/C22H12ClF5N2O2/c23-16-5-4-12(24)9-15(16)19-18-14(21(32)30-19)2-1-3-17(18)29-20(31)10-6-11(22(26,27)28)8-13(25)7-10/h1-9,19H,(H,29,31)(H,30,32)/t19-/m1/s1. The molecule has 4 nitrogen and oxygen atoms in total. The van der Waals surface area contributed by atoms with Crippen molar-refractivity contribution in [1.82, 2.24) is 5.32 Å². The highest BCUT2D eigenvalue weighted by Gasteiger charge is 2.35. The molecule has 3 aromatic rings. The molecule has 0 unspecified atom stereocenters. The molecule has 1 aliphatic heterocycles. The summed E-state index contributed by atoms with van der Waals surface area (Å²) in [6.45, 7) is 0. The van der Waals surface area contributed by atoms with Gasteiger partial charge in [-0.1, -0.05) is 17.7 Å². The van der Waals surface area contributed by atoms with Crippen LogP contribution in [0.2, 0.25) is 5.02 Å². The smallest absolute Gasteiger partial charge is 0.341 e. The van der Waals surface area contributed by atoms with Crippen LogP contribution >= 0.6 is 11.6 Å². The third kappa shape index (κ3) is 4.03. The van der Waals surface area contributed by atoms with Crippen molar-refractivity contribution in [3.63, 3.8) is 0 Å². The van der Waals surface area contributed by atoms with Gasteiger partial charge >= 0.3 is 6.18 Å². The van der Waals surface area contributed by atoms with Gasteiger partial charge in [-0.3, -0.25) is 9.59 Å². The molecule has 2 amide bonds. The molecule has 10 heteroatoms. The summed E-state index contributed by atoms with van der Waals surface area (Å²) in [4.78, 5) is 25.1. The van der Waals surface area contributed by atoms with E-state index >= 15 is 0 Å². The van der Waals surface area contributed by atoms with E-state index in [0.717, 1.165) is 12.1 Å². The van der Waals surface area contributed by atoms with Gasteiger partial charge in [0.05, 0.1) is 11.6 Å². The Hall–Kier alpha value is -3.46. The molecule has 164 valence electrons. The normalized spacial score (nSPS) is 15.3. The van der Waals surface area contributed by atoms with Crippen LogP contribution in [-0.2, 0) is 6.18 Å². The molecule has 0 saturated heterocycles. The summed E-state index contributed by atoms with van der Waals surface area (Å²) in [5.74, 6) is -3.36. The van der Waals surface area contributed by atoms with E-state index in [2.05, 4.69) is 10.6 Å². The van der Waals surface area contributed by atoms with Gasteiger partial charge < -0.3 is 10.6 Å². The fourth-order valence-electron chi connectivity index (χ4n) is 3.51. The molecule has 1 atom stereocenters. The molecule has 0 saturated carbocycles. The molecule has 0 bridgehead atoms. The van der Waals surface area contributed by atoms with Crippen LogP contribution in [0.5, 0.6) is 0 Å². The monoisotopic (exact) mass is 466 g/mol. The first-order valence-corrected chi connectivity index (χ1v) is 9.50. The summed E-state index contributed by atoms with van der Waals surface area (Å²) in [5.41, 5.74) is -1.15. The van der Waals surface area contributed by atoms with Crippen LogP contribution in [0.15, 0.2) is 54.6 Å². The number of halogens is 6. The van der Waals surface area contributed by atoms with Gasteiger partial charge in [0.1, 0.15) is 11.6 Å². The first-order valence-electron chi connectivity index (χ1n) is 9.12. The minimum atomic E-state index is -4.85. The lowest BCUT2D eigenvalue weighted by Crippen LogP contribution is -2.21. The van der Waals surface area contributed by atoms with Crippen LogP contribution in [0.25, 0.3) is 0 Å². The number of carbonyl (C=O) groups is 2. The fourth-order valence-corrected chi connectivity index (χ4v) is 3.74. The van der Waals surface area contributed by atoms with E-state index < -0.39 is 46.8 Å². The maximum absolute atomic E-state index is 13.8. The maximum Gasteiger partial charge on any atom is 0.416 e. The van der Waals surface area contributed by atoms with Gasteiger partial charge in [0, 0.05) is 33.0 Å². The number of alkyl halides is 3. The number of amides is 2. The van der Waals surface area contributed by atoms with E-state index in [4.69, 9.17) is 11.6 Å². The lowest BCUT2D eigenvalue weighted by atomic mass is 9.96. The zero-order valence-corrected chi connectivity index (χ0v) is 16.6. The second kappa shape index (κ2) is 7.90. The molecule has 2 N–H and O–H groups in total. The molecule has 0 aromatic heterocycles. The van der Waals surface area contributed by atoms with Crippen molar-refractivity contribution in [3.05, 3.63) is 99.1 Å². The lowest BCUT2D eigenvalue weighted by Gasteiger charge is -2.18. The zero-order valence-electron chi connectivity index (χ0n) is 15.9. The molecule has 0 spiro atoms. The van der Waals surface area contributed by atoms with E-state index in [1.807, 2.05) is 0 Å². The molecule has 3 aromatic carbocycles. The second-order valence-electron chi connectivity index (χ2n) is 7.02. The summed E-state index contributed by atoms with van der Waals surface area (Å²) in [5, 5.41) is 5.22. The van der Waals surface area contributed by atoms with Gasteiger partial charge in [-0.2, -0.15) is 13.2 Å². The summed E-state index contributed by atoms with van der Waals surface area (Å²) in [7, 11) is 0. The summed E-state index contributed by atoms with van der Waals surface area (Å²) < 4.78 is 66.5.